The molecule has 0 unspecified atom stereocenters. The van der Waals surface area contributed by atoms with E-state index in [2.05, 4.69) is 16.5 Å². The van der Waals surface area contributed by atoms with Gasteiger partial charge in [-0.25, -0.2) is 18.0 Å². The molecule has 3 N–H and O–H groups in total. The normalized spacial score (nSPS) is 18.3. The molecule has 1 saturated heterocycles. The minimum atomic E-state index is -1.49. The van der Waals surface area contributed by atoms with Crippen molar-refractivity contribution < 1.29 is 27.5 Å². The van der Waals surface area contributed by atoms with E-state index in [9.17, 15) is 28.0 Å². The first-order valence-electron chi connectivity index (χ1n) is 9.74. The van der Waals surface area contributed by atoms with Crippen LogP contribution in [0, 0.1) is 23.1 Å². The fraction of sp³-hybridized carbons (Fsp3) is 0.400. The number of nitrogens with two attached hydrogens (primary N) is 1. The van der Waals surface area contributed by atoms with Crippen LogP contribution in [-0.2, 0) is 4.74 Å². The summed E-state index contributed by atoms with van der Waals surface area (Å²) < 4.78 is 44.7. The molecule has 32 heavy (non-hydrogen) atoms. The maximum atomic E-state index is 13.2. The van der Waals surface area contributed by atoms with Crippen molar-refractivity contribution in [3.8, 4) is 6.07 Å². The summed E-state index contributed by atoms with van der Waals surface area (Å²) in [5, 5.41) is 16.7. The number of carbonyl (C=O) groups excluding carboxylic acids is 2. The number of alkyl halides is 2. The number of carbonyl (C=O) groups is 2. The summed E-state index contributed by atoms with van der Waals surface area (Å²) in [5.41, 5.74) is 5.93. The highest BCUT2D eigenvalue weighted by Crippen LogP contribution is 2.30. The van der Waals surface area contributed by atoms with Crippen molar-refractivity contribution in [2.75, 3.05) is 31.8 Å². The van der Waals surface area contributed by atoms with Gasteiger partial charge in [-0.15, -0.1) is 0 Å². The molecule has 2 heterocycles. The maximum Gasteiger partial charge on any atom is 0.410 e. The highest BCUT2D eigenvalue weighted by Gasteiger charge is 2.35. The van der Waals surface area contributed by atoms with Gasteiger partial charge in [0, 0.05) is 25.0 Å². The van der Waals surface area contributed by atoms with Crippen LogP contribution in [0.4, 0.5) is 29.5 Å². The van der Waals surface area contributed by atoms with E-state index in [1.54, 1.807) is 0 Å². The van der Waals surface area contributed by atoms with Gasteiger partial charge in [0.15, 0.2) is 11.9 Å². The Morgan fingerprint density at radius 1 is 1.31 bits per heavy atom. The largest absolute Gasteiger partial charge is 0.441 e. The molecule has 1 aliphatic heterocycles. The summed E-state index contributed by atoms with van der Waals surface area (Å²) >= 11 is 0. The number of nitrogens with zero attached hydrogens (tertiary/aromatic N) is 4. The van der Waals surface area contributed by atoms with Gasteiger partial charge in [0.25, 0.3) is 5.91 Å². The second-order valence-corrected chi connectivity index (χ2v) is 7.22. The molecule has 2 aromatic rings. The molecule has 2 atom stereocenters. The monoisotopic (exact) mass is 450 g/mol. The zero-order valence-electron chi connectivity index (χ0n) is 16.9. The van der Waals surface area contributed by atoms with Crippen molar-refractivity contribution in [1.82, 2.24) is 14.7 Å². The quantitative estimate of drug-likeness (QED) is 0.668. The Morgan fingerprint density at radius 2 is 2.00 bits per heavy atom. The van der Waals surface area contributed by atoms with E-state index in [0.29, 0.717) is 5.69 Å². The Morgan fingerprint density at radius 3 is 2.59 bits per heavy atom. The van der Waals surface area contributed by atoms with Crippen molar-refractivity contribution in [3.05, 3.63) is 41.8 Å². The molecular formula is C20H21F3N6O3. The van der Waals surface area contributed by atoms with Gasteiger partial charge in [0.1, 0.15) is 24.7 Å². The molecule has 9 nitrogen and oxygen atoms in total. The Bertz CT molecular complexity index is 1000. The zero-order chi connectivity index (χ0) is 23.3. The molecular weight excluding hydrogens is 429 g/mol. The molecule has 12 heteroatoms. The van der Waals surface area contributed by atoms with Gasteiger partial charge in [-0.1, -0.05) is 0 Å². The van der Waals surface area contributed by atoms with E-state index in [-0.39, 0.29) is 30.9 Å². The molecule has 0 aliphatic carbocycles. The number of anilines is 2. The third-order valence-corrected chi connectivity index (χ3v) is 5.06. The van der Waals surface area contributed by atoms with E-state index in [0.717, 1.165) is 0 Å². The lowest BCUT2D eigenvalue weighted by atomic mass is 9.93. The molecule has 3 rings (SSSR count). The van der Waals surface area contributed by atoms with Crippen LogP contribution < -0.4 is 11.1 Å². The predicted molar refractivity (Wildman–Crippen MR) is 107 cm³/mol. The Kier molecular flexibility index (Phi) is 7.19. The van der Waals surface area contributed by atoms with Crippen LogP contribution in [0.1, 0.15) is 22.8 Å². The summed E-state index contributed by atoms with van der Waals surface area (Å²) in [5.74, 6) is -1.69. The third-order valence-electron chi connectivity index (χ3n) is 5.06. The van der Waals surface area contributed by atoms with Gasteiger partial charge in [-0.2, -0.15) is 10.4 Å². The van der Waals surface area contributed by atoms with Crippen molar-refractivity contribution >= 4 is 23.5 Å². The van der Waals surface area contributed by atoms with Gasteiger partial charge in [0.2, 0.25) is 0 Å². The minimum absolute atomic E-state index is 0.0284. The number of hydrogen-bond acceptors (Lipinski definition) is 6. The topological polar surface area (TPSA) is 126 Å². The molecule has 2 amide bonds. The number of ether oxygens (including phenoxy) is 1. The van der Waals surface area contributed by atoms with Gasteiger partial charge in [0.05, 0.1) is 18.0 Å². The van der Waals surface area contributed by atoms with Crippen LogP contribution in [0.15, 0.2) is 30.5 Å². The summed E-state index contributed by atoms with van der Waals surface area (Å²) in [6.45, 7) is -2.18. The maximum absolute atomic E-state index is 13.2. The second kappa shape index (κ2) is 10.0. The predicted octanol–water partition coefficient (Wildman–Crippen LogP) is 2.70. The van der Waals surface area contributed by atoms with Crippen LogP contribution in [0.2, 0.25) is 0 Å². The fourth-order valence-corrected chi connectivity index (χ4v) is 3.34. The van der Waals surface area contributed by atoms with Gasteiger partial charge < -0.3 is 20.7 Å². The number of piperidine rings is 1. The smallest absolute Gasteiger partial charge is 0.410 e. The van der Waals surface area contributed by atoms with Crippen molar-refractivity contribution in [2.45, 2.75) is 18.6 Å². The molecule has 0 radical (unpaired) electrons. The minimum Gasteiger partial charge on any atom is -0.441 e. The van der Waals surface area contributed by atoms with Crippen molar-refractivity contribution in [1.29, 1.82) is 5.26 Å². The average molecular weight is 450 g/mol. The summed E-state index contributed by atoms with van der Waals surface area (Å²) in [4.78, 5) is 25.4. The van der Waals surface area contributed by atoms with Crippen LogP contribution in [0.5, 0.6) is 0 Å². The molecule has 1 aliphatic rings. The summed E-state index contributed by atoms with van der Waals surface area (Å²) in [7, 11) is 0. The third kappa shape index (κ3) is 5.11. The number of primary amides is 1. The molecule has 0 bridgehead atoms. The highest BCUT2D eigenvalue weighted by atomic mass is 19.1. The Hall–Kier alpha value is -3.75. The molecule has 0 saturated carbocycles. The summed E-state index contributed by atoms with van der Waals surface area (Å²) in [6.07, 6.45) is -0.784. The van der Waals surface area contributed by atoms with Gasteiger partial charge in [-0.3, -0.25) is 9.48 Å². The zero-order valence-corrected chi connectivity index (χ0v) is 16.9. The number of rotatable bonds is 7. The SMILES string of the molecule is N#C[C@@H]1CCN(C(=O)OC(CF)CF)C[C@H]1n1cc(C(N)=O)c(Nc2ccc(F)cc2)n1. The first-order valence-corrected chi connectivity index (χ1v) is 9.74. The van der Waals surface area contributed by atoms with Gasteiger partial charge in [-0.05, 0) is 30.7 Å². The fourth-order valence-electron chi connectivity index (χ4n) is 3.34. The molecule has 1 aromatic carbocycles. The number of hydrogen-bond donors (Lipinski definition) is 2. The molecule has 170 valence electrons. The van der Waals surface area contributed by atoms with E-state index in [1.807, 2.05) is 0 Å². The number of amides is 2. The lowest BCUT2D eigenvalue weighted by Gasteiger charge is -2.35. The number of halogens is 3. The molecule has 1 aromatic heterocycles. The number of nitrogens with one attached hydrogen (secondary N) is 1. The lowest BCUT2D eigenvalue weighted by molar-refractivity contribution is 0.0266. The standard InChI is InChI=1S/C20H21F3N6O3/c21-7-15(8-22)32-20(31)28-6-5-12(9-24)17(11-28)29-10-16(18(25)30)19(27-29)26-14-3-1-13(23)2-4-14/h1-4,10,12,15,17H,5-8,11H2,(H2,25,30)(H,26,27)/t12-,17+/m0/s1. The van der Waals surface area contributed by atoms with E-state index < -0.39 is 49.2 Å². The molecule has 0 spiro atoms. The van der Waals surface area contributed by atoms with Crippen LogP contribution in [0.25, 0.3) is 0 Å². The number of aromatic nitrogens is 2. The van der Waals surface area contributed by atoms with E-state index in [1.165, 1.54) is 40.0 Å². The molecule has 1 fully saturated rings. The van der Waals surface area contributed by atoms with Crippen molar-refractivity contribution in [3.63, 3.8) is 0 Å². The van der Waals surface area contributed by atoms with Crippen molar-refractivity contribution in [2.24, 2.45) is 11.7 Å². The number of nitriles is 1. The van der Waals surface area contributed by atoms with Crippen LogP contribution in [0.3, 0.4) is 0 Å². The van der Waals surface area contributed by atoms with Gasteiger partial charge >= 0.3 is 6.09 Å². The average Bonchev–Trinajstić information content (AvgIpc) is 3.22. The summed E-state index contributed by atoms with van der Waals surface area (Å²) in [6, 6.07) is 6.82. The highest BCUT2D eigenvalue weighted by molar-refractivity contribution is 5.98. The van der Waals surface area contributed by atoms with Crippen LogP contribution in [-0.4, -0.2) is 59.2 Å². The number of likely N-dealkylation sites (tertiary alicyclic amines) is 1. The number of benzene rings is 1. The van der Waals surface area contributed by atoms with E-state index >= 15 is 0 Å². The Labute approximate surface area is 181 Å². The first-order chi connectivity index (χ1) is 15.4. The lowest BCUT2D eigenvalue weighted by Crippen LogP contribution is -2.46. The second-order valence-electron chi connectivity index (χ2n) is 7.22. The Balaban J connectivity index is 1.85. The van der Waals surface area contributed by atoms with Crippen LogP contribution >= 0.6 is 0 Å². The first kappa shape index (κ1) is 22.9. The van der Waals surface area contributed by atoms with E-state index in [4.69, 9.17) is 10.5 Å².